The number of thiophene rings is 1. The molecule has 216 valence electrons. The lowest BCUT2D eigenvalue weighted by Gasteiger charge is -2.23. The topological polar surface area (TPSA) is 0 Å². The molecule has 0 saturated heterocycles. The molecule has 0 unspecified atom stereocenters. The Labute approximate surface area is 272 Å². The van der Waals surface area contributed by atoms with Crippen molar-refractivity contribution in [1.82, 2.24) is 0 Å². The van der Waals surface area contributed by atoms with Crippen molar-refractivity contribution in [3.8, 4) is 33.4 Å². The third-order valence-corrected chi connectivity index (χ3v) is 11.6. The lowest BCUT2D eigenvalue weighted by atomic mass is 9.79. The number of fused-ring (bicyclic) bond motifs is 11. The Hall–Kier alpha value is -5.24. The van der Waals surface area contributed by atoms with E-state index in [0.717, 1.165) is 0 Å². The average Bonchev–Trinajstić information content (AvgIpc) is 3.59. The van der Waals surface area contributed by atoms with Gasteiger partial charge in [-0.1, -0.05) is 141 Å². The van der Waals surface area contributed by atoms with E-state index in [1.807, 2.05) is 11.3 Å². The Morgan fingerprint density at radius 1 is 0.413 bits per heavy atom. The number of benzene rings is 8. The third kappa shape index (κ3) is 3.44. The van der Waals surface area contributed by atoms with Crippen LogP contribution in [0.25, 0.3) is 85.9 Å². The highest BCUT2D eigenvalue weighted by Crippen LogP contribution is 2.54. The van der Waals surface area contributed by atoms with Gasteiger partial charge in [-0.2, -0.15) is 0 Å². The van der Waals surface area contributed by atoms with Crippen molar-refractivity contribution in [1.29, 1.82) is 0 Å². The number of hydrogen-bond acceptors (Lipinski definition) is 1. The molecule has 0 bridgehead atoms. The molecule has 9 aromatic rings. The summed E-state index contributed by atoms with van der Waals surface area (Å²) in [4.78, 5) is 0. The van der Waals surface area contributed by atoms with Crippen molar-refractivity contribution in [3.63, 3.8) is 0 Å². The molecule has 46 heavy (non-hydrogen) atoms. The molecule has 0 saturated carbocycles. The first kappa shape index (κ1) is 26.0. The maximum atomic E-state index is 2.48. The summed E-state index contributed by atoms with van der Waals surface area (Å²) in [5.74, 6) is 0. The van der Waals surface area contributed by atoms with E-state index >= 15 is 0 Å². The molecule has 1 heteroatoms. The lowest BCUT2D eigenvalue weighted by Crippen LogP contribution is -2.15. The summed E-state index contributed by atoms with van der Waals surface area (Å²) in [5, 5.41) is 10.7. The second-order valence-corrected chi connectivity index (χ2v) is 14.3. The largest absolute Gasteiger partial charge is 0.135 e. The molecule has 0 amide bonds. The molecule has 0 spiro atoms. The molecule has 1 aliphatic rings. The number of hydrogen-bond donors (Lipinski definition) is 0. The van der Waals surface area contributed by atoms with Gasteiger partial charge in [0.1, 0.15) is 0 Å². The van der Waals surface area contributed by atoms with Crippen LogP contribution in [0.3, 0.4) is 0 Å². The van der Waals surface area contributed by atoms with Gasteiger partial charge in [0.15, 0.2) is 0 Å². The second-order valence-electron chi connectivity index (χ2n) is 13.2. The maximum Gasteiger partial charge on any atom is 0.0361 e. The summed E-state index contributed by atoms with van der Waals surface area (Å²) in [6, 6.07) is 54.4. The van der Waals surface area contributed by atoms with Gasteiger partial charge in [0.25, 0.3) is 0 Å². The van der Waals surface area contributed by atoms with Crippen LogP contribution in [-0.2, 0) is 5.41 Å². The lowest BCUT2D eigenvalue weighted by molar-refractivity contribution is 0.666. The van der Waals surface area contributed by atoms with E-state index in [1.165, 1.54) is 97.0 Å². The monoisotopic (exact) mass is 602 g/mol. The smallest absolute Gasteiger partial charge is 0.0361 e. The van der Waals surface area contributed by atoms with Crippen molar-refractivity contribution in [2.75, 3.05) is 0 Å². The van der Waals surface area contributed by atoms with Crippen molar-refractivity contribution in [3.05, 3.63) is 157 Å². The highest BCUT2D eigenvalue weighted by Gasteiger charge is 2.37. The highest BCUT2D eigenvalue weighted by molar-refractivity contribution is 7.26. The SMILES string of the molecule is CC1(C)c2ccc(-c3c4ccccc4c(-c4ccccc4)c4ccccc34)cc2-c2ccc3c(ccc4sc5ccccc5c43)c21. The number of rotatable bonds is 2. The molecular weight excluding hydrogens is 573 g/mol. The molecule has 0 aliphatic heterocycles. The van der Waals surface area contributed by atoms with Crippen LogP contribution in [0.1, 0.15) is 25.0 Å². The Bertz CT molecular complexity index is 2650. The molecule has 0 fully saturated rings. The van der Waals surface area contributed by atoms with Crippen LogP contribution in [0.2, 0.25) is 0 Å². The summed E-state index contributed by atoms with van der Waals surface area (Å²) < 4.78 is 2.72. The van der Waals surface area contributed by atoms with E-state index in [4.69, 9.17) is 0 Å². The van der Waals surface area contributed by atoms with E-state index in [9.17, 15) is 0 Å². The Balaban J connectivity index is 1.25. The third-order valence-electron chi connectivity index (χ3n) is 10.4. The average molecular weight is 603 g/mol. The zero-order chi connectivity index (χ0) is 30.6. The van der Waals surface area contributed by atoms with Crippen LogP contribution in [0.15, 0.2) is 146 Å². The first-order chi connectivity index (χ1) is 22.6. The van der Waals surface area contributed by atoms with Gasteiger partial charge >= 0.3 is 0 Å². The van der Waals surface area contributed by atoms with Crippen LogP contribution >= 0.6 is 11.3 Å². The van der Waals surface area contributed by atoms with Gasteiger partial charge in [0.05, 0.1) is 0 Å². The molecular formula is C45H30S. The van der Waals surface area contributed by atoms with E-state index in [0.29, 0.717) is 0 Å². The van der Waals surface area contributed by atoms with E-state index in [1.54, 1.807) is 0 Å². The molecule has 0 N–H and O–H groups in total. The fourth-order valence-electron chi connectivity index (χ4n) is 8.48. The minimum Gasteiger partial charge on any atom is -0.135 e. The van der Waals surface area contributed by atoms with E-state index in [2.05, 4.69) is 159 Å². The van der Waals surface area contributed by atoms with Gasteiger partial charge in [-0.05, 0) is 95.0 Å². The molecule has 0 atom stereocenters. The van der Waals surface area contributed by atoms with Gasteiger partial charge in [-0.3, -0.25) is 0 Å². The second kappa shape index (κ2) is 9.39. The van der Waals surface area contributed by atoms with Gasteiger partial charge in [0.2, 0.25) is 0 Å². The van der Waals surface area contributed by atoms with E-state index in [-0.39, 0.29) is 5.41 Å². The highest BCUT2D eigenvalue weighted by atomic mass is 32.1. The summed E-state index contributed by atoms with van der Waals surface area (Å²) >= 11 is 1.90. The summed E-state index contributed by atoms with van der Waals surface area (Å²) in [6.07, 6.45) is 0. The fraction of sp³-hybridized carbons (Fsp3) is 0.0667. The molecule has 1 aliphatic carbocycles. The van der Waals surface area contributed by atoms with Gasteiger partial charge in [-0.25, -0.2) is 0 Å². The van der Waals surface area contributed by atoms with Crippen LogP contribution in [0.4, 0.5) is 0 Å². The van der Waals surface area contributed by atoms with Gasteiger partial charge < -0.3 is 0 Å². The minimum atomic E-state index is -0.108. The predicted molar refractivity (Wildman–Crippen MR) is 200 cm³/mol. The molecule has 8 aromatic carbocycles. The quantitative estimate of drug-likeness (QED) is 0.173. The Kier molecular flexibility index (Phi) is 5.31. The molecule has 0 radical (unpaired) electrons. The summed E-state index contributed by atoms with van der Waals surface area (Å²) in [7, 11) is 0. The molecule has 1 heterocycles. The zero-order valence-electron chi connectivity index (χ0n) is 25.8. The predicted octanol–water partition coefficient (Wildman–Crippen LogP) is 13.2. The van der Waals surface area contributed by atoms with Crippen LogP contribution in [-0.4, -0.2) is 0 Å². The normalized spacial score (nSPS) is 13.6. The van der Waals surface area contributed by atoms with Crippen molar-refractivity contribution in [2.24, 2.45) is 0 Å². The van der Waals surface area contributed by atoms with Crippen LogP contribution in [0, 0.1) is 0 Å². The van der Waals surface area contributed by atoms with Crippen molar-refractivity contribution >= 4 is 63.8 Å². The maximum absolute atomic E-state index is 2.48. The molecule has 0 nitrogen and oxygen atoms in total. The van der Waals surface area contributed by atoms with Gasteiger partial charge in [-0.15, -0.1) is 11.3 Å². The first-order valence-electron chi connectivity index (χ1n) is 16.1. The molecule has 1 aromatic heterocycles. The van der Waals surface area contributed by atoms with Gasteiger partial charge in [0, 0.05) is 25.6 Å². The molecule has 10 rings (SSSR count). The zero-order valence-corrected chi connectivity index (χ0v) is 26.6. The standard InChI is InChI=1S/C45H30S/c1-45(2)38-24-20-28(42-31-16-8-6-14-29(31)41(27-12-4-3-5-13-27)30-15-7-9-17-32(30)42)26-37(38)35-22-21-33-34(44(35)45)23-25-40-43(33)36-18-10-11-19-39(36)46-40/h3-26H,1-2H3. The van der Waals surface area contributed by atoms with Crippen LogP contribution < -0.4 is 0 Å². The first-order valence-corrected chi connectivity index (χ1v) is 16.9. The van der Waals surface area contributed by atoms with Crippen LogP contribution in [0.5, 0.6) is 0 Å². The minimum absolute atomic E-state index is 0.108. The fourth-order valence-corrected chi connectivity index (χ4v) is 9.61. The summed E-state index contributed by atoms with van der Waals surface area (Å²) in [5.41, 5.74) is 10.6. The summed E-state index contributed by atoms with van der Waals surface area (Å²) in [6.45, 7) is 4.82. The Morgan fingerprint density at radius 3 is 1.70 bits per heavy atom. The van der Waals surface area contributed by atoms with Crippen molar-refractivity contribution < 1.29 is 0 Å². The Morgan fingerprint density at radius 2 is 1.00 bits per heavy atom. The van der Waals surface area contributed by atoms with E-state index < -0.39 is 0 Å². The van der Waals surface area contributed by atoms with Crippen molar-refractivity contribution in [2.45, 2.75) is 19.3 Å².